The zero-order valence-electron chi connectivity index (χ0n) is 19.7. The van der Waals surface area contributed by atoms with Crippen molar-refractivity contribution in [1.82, 2.24) is 4.72 Å². The maximum atomic E-state index is 13.2. The summed E-state index contributed by atoms with van der Waals surface area (Å²) in [5.41, 5.74) is 2.69. The molecule has 0 saturated heterocycles. The minimum atomic E-state index is -3.93. The molecule has 0 saturated carbocycles. The van der Waals surface area contributed by atoms with Crippen LogP contribution in [0.25, 0.3) is 0 Å². The van der Waals surface area contributed by atoms with Gasteiger partial charge in [0.2, 0.25) is 15.9 Å². The van der Waals surface area contributed by atoms with E-state index in [0.29, 0.717) is 18.0 Å². The third kappa shape index (κ3) is 7.43. The molecule has 0 aliphatic carbocycles. The molecule has 0 fully saturated rings. The van der Waals surface area contributed by atoms with Gasteiger partial charge in [-0.25, -0.2) is 8.42 Å². The molecular weight excluding hydrogens is 448 g/mol. The Morgan fingerprint density at radius 3 is 2.18 bits per heavy atom. The Bertz CT molecular complexity index is 1150. The third-order valence-electron chi connectivity index (χ3n) is 5.38. The van der Waals surface area contributed by atoms with Gasteiger partial charge in [-0.1, -0.05) is 55.8 Å². The number of unbranched alkanes of at least 4 members (excludes halogenated alkanes) is 1. The Kier molecular flexibility index (Phi) is 9.24. The zero-order chi connectivity index (χ0) is 24.4. The van der Waals surface area contributed by atoms with Crippen LogP contribution in [0.15, 0.2) is 83.8 Å². The molecule has 3 rings (SSSR count). The molecule has 0 aliphatic rings. The van der Waals surface area contributed by atoms with Crippen molar-refractivity contribution >= 4 is 21.6 Å². The molecular formula is C27H32N2O4S. The molecule has 180 valence electrons. The fourth-order valence-electron chi connectivity index (χ4n) is 3.54. The van der Waals surface area contributed by atoms with E-state index < -0.39 is 22.0 Å². The van der Waals surface area contributed by atoms with Gasteiger partial charge in [0.1, 0.15) is 11.8 Å². The summed E-state index contributed by atoms with van der Waals surface area (Å²) < 4.78 is 34.1. The summed E-state index contributed by atoms with van der Waals surface area (Å²) in [5.74, 6) is 0.169. The van der Waals surface area contributed by atoms with Gasteiger partial charge in [-0.3, -0.25) is 4.79 Å². The summed E-state index contributed by atoms with van der Waals surface area (Å²) in [7, 11) is -3.93. The van der Waals surface area contributed by atoms with Gasteiger partial charge in [0, 0.05) is 5.69 Å². The second kappa shape index (κ2) is 12.3. The molecule has 3 aromatic rings. The van der Waals surface area contributed by atoms with Crippen LogP contribution in [0.2, 0.25) is 0 Å². The smallest absolute Gasteiger partial charge is 0.242 e. The van der Waals surface area contributed by atoms with Crippen LogP contribution in [0.5, 0.6) is 5.75 Å². The van der Waals surface area contributed by atoms with E-state index in [4.69, 9.17) is 4.74 Å². The van der Waals surface area contributed by atoms with Crippen molar-refractivity contribution in [3.05, 3.63) is 90.0 Å². The van der Waals surface area contributed by atoms with Gasteiger partial charge in [-0.15, -0.1) is 0 Å². The fourth-order valence-corrected chi connectivity index (χ4v) is 4.74. The van der Waals surface area contributed by atoms with E-state index in [2.05, 4.69) is 17.0 Å². The lowest BCUT2D eigenvalue weighted by atomic mass is 10.1. The Morgan fingerprint density at radius 2 is 1.56 bits per heavy atom. The van der Waals surface area contributed by atoms with E-state index in [-0.39, 0.29) is 11.3 Å². The number of benzene rings is 3. The molecule has 2 N–H and O–H groups in total. The highest BCUT2D eigenvalue weighted by atomic mass is 32.2. The first kappa shape index (κ1) is 25.5. The Balaban J connectivity index is 1.78. The molecule has 0 aromatic heterocycles. The first-order chi connectivity index (χ1) is 16.4. The van der Waals surface area contributed by atoms with Crippen LogP contribution in [-0.4, -0.2) is 27.0 Å². The standard InChI is InChI=1S/C27H32N2O4S/c1-3-5-9-21-12-14-23(15-13-21)28-27(30)26(20-22-10-7-6-8-11-22)29-34(31,32)25-18-16-24(17-19-25)33-4-2/h6-8,10-19,26,29H,3-5,9,20H2,1-2H3,(H,28,30)/t26-/m1/s1. The summed E-state index contributed by atoms with van der Waals surface area (Å²) in [5, 5.41) is 2.86. The number of hydrogen-bond acceptors (Lipinski definition) is 4. The average molecular weight is 481 g/mol. The van der Waals surface area contributed by atoms with Crippen molar-refractivity contribution in [1.29, 1.82) is 0 Å². The van der Waals surface area contributed by atoms with E-state index in [1.807, 2.05) is 61.5 Å². The number of anilines is 1. The maximum absolute atomic E-state index is 13.2. The van der Waals surface area contributed by atoms with Crippen molar-refractivity contribution in [3.8, 4) is 5.75 Å². The van der Waals surface area contributed by atoms with Crippen molar-refractivity contribution in [2.45, 2.75) is 50.5 Å². The summed E-state index contributed by atoms with van der Waals surface area (Å²) in [6.45, 7) is 4.50. The van der Waals surface area contributed by atoms with Crippen LogP contribution in [0.3, 0.4) is 0 Å². The van der Waals surface area contributed by atoms with Crippen molar-refractivity contribution < 1.29 is 17.9 Å². The van der Waals surface area contributed by atoms with E-state index in [1.54, 1.807) is 12.1 Å². The molecule has 1 amide bonds. The molecule has 1 atom stereocenters. The van der Waals surface area contributed by atoms with Crippen LogP contribution < -0.4 is 14.8 Å². The van der Waals surface area contributed by atoms with Crippen molar-refractivity contribution in [2.75, 3.05) is 11.9 Å². The molecule has 0 unspecified atom stereocenters. The summed E-state index contributed by atoms with van der Waals surface area (Å²) >= 11 is 0. The number of rotatable bonds is 12. The highest BCUT2D eigenvalue weighted by Crippen LogP contribution is 2.18. The molecule has 0 aliphatic heterocycles. The van der Waals surface area contributed by atoms with Crippen molar-refractivity contribution in [3.63, 3.8) is 0 Å². The zero-order valence-corrected chi connectivity index (χ0v) is 20.5. The van der Waals surface area contributed by atoms with Gasteiger partial charge in [-0.05, 0) is 73.7 Å². The molecule has 0 radical (unpaired) electrons. The predicted octanol–water partition coefficient (Wildman–Crippen LogP) is 4.96. The molecule has 0 spiro atoms. The number of ether oxygens (including phenoxy) is 1. The van der Waals surface area contributed by atoms with Gasteiger partial charge in [0.05, 0.1) is 11.5 Å². The SMILES string of the molecule is CCCCc1ccc(NC(=O)[C@@H](Cc2ccccc2)NS(=O)(=O)c2ccc(OCC)cc2)cc1. The topological polar surface area (TPSA) is 84.5 Å². The van der Waals surface area contributed by atoms with Gasteiger partial charge >= 0.3 is 0 Å². The highest BCUT2D eigenvalue weighted by Gasteiger charge is 2.26. The maximum Gasteiger partial charge on any atom is 0.242 e. The predicted molar refractivity (Wildman–Crippen MR) is 136 cm³/mol. The van der Waals surface area contributed by atoms with Gasteiger partial charge < -0.3 is 10.1 Å². The highest BCUT2D eigenvalue weighted by molar-refractivity contribution is 7.89. The molecule has 0 bridgehead atoms. The first-order valence-electron chi connectivity index (χ1n) is 11.6. The Labute approximate surface area is 202 Å². The second-order valence-electron chi connectivity index (χ2n) is 8.06. The molecule has 0 heterocycles. The summed E-state index contributed by atoms with van der Waals surface area (Å²) in [4.78, 5) is 13.2. The van der Waals surface area contributed by atoms with Crippen LogP contribution in [0.1, 0.15) is 37.8 Å². The number of carbonyl (C=O) groups is 1. The number of sulfonamides is 1. The van der Waals surface area contributed by atoms with Gasteiger partial charge in [-0.2, -0.15) is 4.72 Å². The molecule has 6 nitrogen and oxygen atoms in total. The van der Waals surface area contributed by atoms with Crippen LogP contribution in [0.4, 0.5) is 5.69 Å². The third-order valence-corrected chi connectivity index (χ3v) is 6.87. The minimum absolute atomic E-state index is 0.0714. The van der Waals surface area contributed by atoms with Gasteiger partial charge in [0.15, 0.2) is 0 Å². The first-order valence-corrected chi connectivity index (χ1v) is 13.1. The monoisotopic (exact) mass is 480 g/mol. The average Bonchev–Trinajstić information content (AvgIpc) is 2.84. The van der Waals surface area contributed by atoms with E-state index in [9.17, 15) is 13.2 Å². The molecule has 7 heteroatoms. The minimum Gasteiger partial charge on any atom is -0.494 e. The van der Waals surface area contributed by atoms with Crippen molar-refractivity contribution in [2.24, 2.45) is 0 Å². The fraction of sp³-hybridized carbons (Fsp3) is 0.296. The summed E-state index contributed by atoms with van der Waals surface area (Å²) in [6, 6.07) is 22.2. The van der Waals surface area contributed by atoms with E-state index >= 15 is 0 Å². The number of nitrogens with one attached hydrogen (secondary N) is 2. The van der Waals surface area contributed by atoms with Gasteiger partial charge in [0.25, 0.3) is 0 Å². The quantitative estimate of drug-likeness (QED) is 0.384. The lowest BCUT2D eigenvalue weighted by Crippen LogP contribution is -2.45. The Morgan fingerprint density at radius 1 is 0.882 bits per heavy atom. The number of amides is 1. The van der Waals surface area contributed by atoms with Crippen LogP contribution >= 0.6 is 0 Å². The largest absolute Gasteiger partial charge is 0.494 e. The lowest BCUT2D eigenvalue weighted by Gasteiger charge is -2.19. The van der Waals surface area contributed by atoms with E-state index in [0.717, 1.165) is 24.8 Å². The second-order valence-corrected chi connectivity index (χ2v) is 9.77. The van der Waals surface area contributed by atoms with Crippen LogP contribution in [0, 0.1) is 0 Å². The molecule has 3 aromatic carbocycles. The number of carbonyl (C=O) groups excluding carboxylic acids is 1. The summed E-state index contributed by atoms with van der Waals surface area (Å²) in [6.07, 6.45) is 3.44. The van der Waals surface area contributed by atoms with Crippen LogP contribution in [-0.2, 0) is 27.7 Å². The molecule has 34 heavy (non-hydrogen) atoms. The van der Waals surface area contributed by atoms with E-state index in [1.165, 1.54) is 17.7 Å². The Hall–Kier alpha value is -3.16. The number of aryl methyl sites for hydroxylation is 1. The normalized spacial score (nSPS) is 12.2. The lowest BCUT2D eigenvalue weighted by molar-refractivity contribution is -0.117. The number of hydrogen-bond donors (Lipinski definition) is 2.